The minimum Gasteiger partial charge on any atom is -0.298 e. The number of benzene rings is 1. The van der Waals surface area contributed by atoms with Crippen molar-refractivity contribution in [3.05, 3.63) is 101 Å². The topological polar surface area (TPSA) is 53.7 Å². The molecule has 5 rings (SSSR count). The Morgan fingerprint density at radius 2 is 1.84 bits per heavy atom. The van der Waals surface area contributed by atoms with Crippen LogP contribution in [-0.2, 0) is 13.0 Å². The zero-order valence-corrected chi connectivity index (χ0v) is 21.8. The SMILES string of the molecule is Cc1cc(CC(=O)c2cccc(C#Cc3cnc4ccccn34)n2)ccc1CN1CCN(C(C)C)CC1. The molecule has 6 nitrogen and oxygen atoms in total. The summed E-state index contributed by atoms with van der Waals surface area (Å²) >= 11 is 0. The van der Waals surface area contributed by atoms with Gasteiger partial charge in [-0.05, 0) is 73.6 Å². The van der Waals surface area contributed by atoms with Crippen LogP contribution in [0.1, 0.15) is 52.4 Å². The van der Waals surface area contributed by atoms with Gasteiger partial charge in [-0.1, -0.05) is 30.3 Å². The van der Waals surface area contributed by atoms with Crippen LogP contribution in [-0.4, -0.2) is 62.2 Å². The summed E-state index contributed by atoms with van der Waals surface area (Å²) in [5, 5.41) is 0. The fraction of sp³-hybridized carbons (Fsp3) is 0.323. The van der Waals surface area contributed by atoms with Crippen LogP contribution in [0.25, 0.3) is 5.65 Å². The predicted molar refractivity (Wildman–Crippen MR) is 147 cm³/mol. The summed E-state index contributed by atoms with van der Waals surface area (Å²) in [5.74, 6) is 6.20. The molecule has 3 aromatic heterocycles. The van der Waals surface area contributed by atoms with E-state index in [1.54, 1.807) is 12.3 Å². The van der Waals surface area contributed by atoms with Gasteiger partial charge in [-0.25, -0.2) is 9.97 Å². The van der Waals surface area contributed by atoms with Crippen molar-refractivity contribution in [2.75, 3.05) is 26.2 Å². The molecular formula is C31H33N5O. The summed E-state index contributed by atoms with van der Waals surface area (Å²) < 4.78 is 1.93. The van der Waals surface area contributed by atoms with Crippen LogP contribution >= 0.6 is 0 Å². The van der Waals surface area contributed by atoms with Crippen molar-refractivity contribution < 1.29 is 4.79 Å². The quantitative estimate of drug-likeness (QED) is 0.296. The molecule has 37 heavy (non-hydrogen) atoms. The van der Waals surface area contributed by atoms with Crippen LogP contribution in [0.2, 0.25) is 0 Å². The minimum atomic E-state index is -0.00425. The van der Waals surface area contributed by atoms with Gasteiger partial charge in [-0.2, -0.15) is 0 Å². The minimum absolute atomic E-state index is 0.00425. The average molecular weight is 492 g/mol. The summed E-state index contributed by atoms with van der Waals surface area (Å²) in [6.45, 7) is 12.1. The lowest BCUT2D eigenvalue weighted by Gasteiger charge is -2.37. The van der Waals surface area contributed by atoms with Crippen LogP contribution in [0.5, 0.6) is 0 Å². The van der Waals surface area contributed by atoms with Gasteiger partial charge >= 0.3 is 0 Å². The van der Waals surface area contributed by atoms with Gasteiger partial charge in [0, 0.05) is 51.4 Å². The second-order valence-corrected chi connectivity index (χ2v) is 10.00. The molecule has 1 aliphatic rings. The van der Waals surface area contributed by atoms with Crippen molar-refractivity contribution in [2.24, 2.45) is 0 Å². The molecule has 4 aromatic rings. The van der Waals surface area contributed by atoms with Crippen molar-refractivity contribution in [3.8, 4) is 11.8 Å². The van der Waals surface area contributed by atoms with E-state index in [0.717, 1.165) is 49.6 Å². The van der Waals surface area contributed by atoms with E-state index in [1.165, 1.54) is 11.1 Å². The van der Waals surface area contributed by atoms with Crippen molar-refractivity contribution in [3.63, 3.8) is 0 Å². The first-order valence-electron chi connectivity index (χ1n) is 13.0. The molecule has 0 bridgehead atoms. The Morgan fingerprint density at radius 3 is 2.62 bits per heavy atom. The predicted octanol–water partition coefficient (Wildman–Crippen LogP) is 4.39. The Morgan fingerprint density at radius 1 is 1.00 bits per heavy atom. The lowest BCUT2D eigenvalue weighted by atomic mass is 10.00. The molecule has 0 saturated carbocycles. The lowest BCUT2D eigenvalue weighted by Crippen LogP contribution is -2.48. The fourth-order valence-electron chi connectivity index (χ4n) is 4.81. The van der Waals surface area contributed by atoms with Crippen LogP contribution in [0.3, 0.4) is 0 Å². The number of aryl methyl sites for hydroxylation is 1. The second kappa shape index (κ2) is 11.1. The van der Waals surface area contributed by atoms with Crippen LogP contribution in [0.15, 0.2) is 67.0 Å². The summed E-state index contributed by atoms with van der Waals surface area (Å²) in [6, 6.07) is 18.3. The Hall–Kier alpha value is -3.79. The number of pyridine rings is 2. The molecule has 0 N–H and O–H groups in total. The molecule has 1 saturated heterocycles. The molecule has 1 aromatic carbocycles. The van der Waals surface area contributed by atoms with E-state index in [0.29, 0.717) is 23.9 Å². The Balaban J connectivity index is 1.23. The van der Waals surface area contributed by atoms with E-state index in [2.05, 4.69) is 70.6 Å². The third kappa shape index (κ3) is 5.96. The molecule has 0 aliphatic carbocycles. The van der Waals surface area contributed by atoms with Gasteiger partial charge in [-0.15, -0.1) is 0 Å². The highest BCUT2D eigenvalue weighted by atomic mass is 16.1. The van der Waals surface area contributed by atoms with E-state index in [1.807, 2.05) is 40.9 Å². The molecule has 0 amide bonds. The van der Waals surface area contributed by atoms with E-state index < -0.39 is 0 Å². The Kier molecular flexibility index (Phi) is 7.45. The maximum Gasteiger partial charge on any atom is 0.185 e. The number of carbonyl (C=O) groups is 1. The highest BCUT2D eigenvalue weighted by Crippen LogP contribution is 2.17. The van der Waals surface area contributed by atoms with Gasteiger partial charge in [0.2, 0.25) is 0 Å². The van der Waals surface area contributed by atoms with Gasteiger partial charge in [0.25, 0.3) is 0 Å². The first-order chi connectivity index (χ1) is 18.0. The fourth-order valence-corrected chi connectivity index (χ4v) is 4.81. The Bertz CT molecular complexity index is 1470. The molecular weight excluding hydrogens is 458 g/mol. The monoisotopic (exact) mass is 491 g/mol. The van der Waals surface area contributed by atoms with Crippen LogP contribution in [0, 0.1) is 18.8 Å². The number of imidazole rings is 1. The van der Waals surface area contributed by atoms with Crippen LogP contribution in [0.4, 0.5) is 0 Å². The van der Waals surface area contributed by atoms with Crippen molar-refractivity contribution in [1.29, 1.82) is 0 Å². The van der Waals surface area contributed by atoms with Gasteiger partial charge in [0.15, 0.2) is 5.78 Å². The average Bonchev–Trinajstić information content (AvgIpc) is 3.32. The maximum absolute atomic E-state index is 13.0. The van der Waals surface area contributed by atoms with Gasteiger partial charge in [0.05, 0.1) is 6.20 Å². The van der Waals surface area contributed by atoms with E-state index >= 15 is 0 Å². The summed E-state index contributed by atoms with van der Waals surface area (Å²) in [5.41, 5.74) is 6.22. The van der Waals surface area contributed by atoms with E-state index in [4.69, 9.17) is 0 Å². The van der Waals surface area contributed by atoms with Gasteiger partial charge in [0.1, 0.15) is 22.7 Å². The summed E-state index contributed by atoms with van der Waals surface area (Å²) in [6.07, 6.45) is 4.00. The first-order valence-corrected chi connectivity index (χ1v) is 13.0. The zero-order valence-electron chi connectivity index (χ0n) is 21.8. The molecule has 188 valence electrons. The zero-order chi connectivity index (χ0) is 25.8. The second-order valence-electron chi connectivity index (χ2n) is 10.00. The van der Waals surface area contributed by atoms with E-state index in [-0.39, 0.29) is 5.78 Å². The smallest absolute Gasteiger partial charge is 0.185 e. The van der Waals surface area contributed by atoms with Crippen LogP contribution < -0.4 is 0 Å². The largest absolute Gasteiger partial charge is 0.298 e. The van der Waals surface area contributed by atoms with Crippen molar-refractivity contribution >= 4 is 11.4 Å². The molecule has 6 heteroatoms. The number of carbonyl (C=O) groups excluding carboxylic acids is 1. The number of aromatic nitrogens is 3. The highest BCUT2D eigenvalue weighted by Gasteiger charge is 2.19. The molecule has 0 atom stereocenters. The van der Waals surface area contributed by atoms with Gasteiger partial charge < -0.3 is 0 Å². The summed E-state index contributed by atoms with van der Waals surface area (Å²) in [7, 11) is 0. The van der Waals surface area contributed by atoms with Crippen molar-refractivity contribution in [1.82, 2.24) is 24.2 Å². The standard InChI is InChI=1S/C31H33N5O/c1-23(2)35-17-15-34(16-18-35)22-26-11-10-25(19-24(26)3)20-30(37)29-8-6-7-27(33-29)12-13-28-21-32-31-9-4-5-14-36(28)31/h4-11,14,19,21,23H,15-18,20,22H2,1-3H3. The number of rotatable bonds is 6. The molecule has 1 aliphatic heterocycles. The number of nitrogens with zero attached hydrogens (tertiary/aromatic N) is 5. The molecule has 1 fully saturated rings. The maximum atomic E-state index is 13.0. The third-order valence-corrected chi connectivity index (χ3v) is 7.07. The number of hydrogen-bond donors (Lipinski definition) is 0. The highest BCUT2D eigenvalue weighted by molar-refractivity contribution is 5.95. The number of ketones is 1. The number of fused-ring (bicyclic) bond motifs is 1. The number of hydrogen-bond acceptors (Lipinski definition) is 5. The number of Topliss-reactive ketones (excluding diaryl/α,β-unsaturated/α-hetero) is 1. The Labute approximate surface area is 219 Å². The molecule has 0 spiro atoms. The molecule has 0 radical (unpaired) electrons. The normalized spacial score (nSPS) is 14.6. The van der Waals surface area contributed by atoms with E-state index in [9.17, 15) is 4.79 Å². The summed E-state index contributed by atoms with van der Waals surface area (Å²) in [4.78, 5) is 27.0. The lowest BCUT2D eigenvalue weighted by molar-refractivity contribution is 0.0988. The molecule has 0 unspecified atom stereocenters. The number of piperazine rings is 1. The third-order valence-electron chi connectivity index (χ3n) is 7.07. The first kappa shape index (κ1) is 24.9. The van der Waals surface area contributed by atoms with Gasteiger partial charge in [-0.3, -0.25) is 19.0 Å². The van der Waals surface area contributed by atoms with Crippen molar-refractivity contribution in [2.45, 2.75) is 39.8 Å². The molecule has 4 heterocycles.